The van der Waals surface area contributed by atoms with Gasteiger partial charge in [-0.3, -0.25) is 4.79 Å². The monoisotopic (exact) mass is 271 g/mol. The highest BCUT2D eigenvalue weighted by atomic mass is 35.5. The Morgan fingerprint density at radius 2 is 2.11 bits per heavy atom. The summed E-state index contributed by atoms with van der Waals surface area (Å²) in [5.41, 5.74) is 7.12. The number of hydrogen-bond donors (Lipinski definition) is 2. The number of nitrogens with two attached hydrogens (primary N) is 1. The lowest BCUT2D eigenvalue weighted by molar-refractivity contribution is -0.138. The van der Waals surface area contributed by atoms with Gasteiger partial charge in [0.05, 0.1) is 5.02 Å². The summed E-state index contributed by atoms with van der Waals surface area (Å²) in [5, 5.41) is 9.25. The summed E-state index contributed by atoms with van der Waals surface area (Å²) in [5.74, 6) is 0.0646. The molecule has 0 fully saturated rings. The molecule has 0 radical (unpaired) electrons. The Morgan fingerprint density at radius 3 is 2.72 bits per heavy atom. The van der Waals surface area contributed by atoms with Crippen LogP contribution in [0.2, 0.25) is 5.02 Å². The molecule has 1 aromatic rings. The van der Waals surface area contributed by atoms with Crippen LogP contribution in [-0.4, -0.2) is 30.3 Å². The maximum atomic E-state index is 10.8. The Hall–Kier alpha value is -1.46. The van der Waals surface area contributed by atoms with E-state index >= 15 is 0 Å². The van der Waals surface area contributed by atoms with Gasteiger partial charge in [-0.15, -0.1) is 0 Å². The van der Waals surface area contributed by atoms with Gasteiger partial charge >= 0.3 is 5.97 Å². The number of halogens is 1. The van der Waals surface area contributed by atoms with Crippen LogP contribution in [0.4, 0.5) is 0 Å². The molecule has 5 nitrogen and oxygen atoms in total. The van der Waals surface area contributed by atoms with E-state index in [0.29, 0.717) is 29.7 Å². The van der Waals surface area contributed by atoms with Crippen molar-refractivity contribution in [3.05, 3.63) is 22.2 Å². The third-order valence-electron chi connectivity index (χ3n) is 2.88. The number of carbonyl (C=O) groups is 1. The normalized spacial score (nSPS) is 15.3. The van der Waals surface area contributed by atoms with Crippen LogP contribution in [0.1, 0.15) is 11.1 Å². The number of ether oxygens (including phenoxy) is 2. The fourth-order valence-corrected chi connectivity index (χ4v) is 2.16. The molecule has 0 saturated heterocycles. The maximum Gasteiger partial charge on any atom is 0.320 e. The number of aliphatic carboxylic acids is 1. The van der Waals surface area contributed by atoms with Crippen molar-refractivity contribution in [2.24, 2.45) is 5.73 Å². The second-order valence-electron chi connectivity index (χ2n) is 4.15. The quantitative estimate of drug-likeness (QED) is 0.868. The maximum absolute atomic E-state index is 10.8. The van der Waals surface area contributed by atoms with Crippen LogP contribution in [0.15, 0.2) is 6.07 Å². The van der Waals surface area contributed by atoms with Crippen molar-refractivity contribution in [3.63, 3.8) is 0 Å². The van der Waals surface area contributed by atoms with Crippen molar-refractivity contribution in [1.29, 1.82) is 0 Å². The lowest BCUT2D eigenvalue weighted by atomic mass is 10.00. The molecular weight excluding hydrogens is 258 g/mol. The van der Waals surface area contributed by atoms with E-state index in [-0.39, 0.29) is 6.42 Å². The van der Waals surface area contributed by atoms with E-state index in [1.807, 2.05) is 6.92 Å². The molecule has 0 aromatic heterocycles. The second kappa shape index (κ2) is 5.04. The molecule has 18 heavy (non-hydrogen) atoms. The minimum atomic E-state index is -1.04. The van der Waals surface area contributed by atoms with Crippen LogP contribution in [0.5, 0.6) is 11.5 Å². The topological polar surface area (TPSA) is 81.8 Å². The lowest BCUT2D eigenvalue weighted by Gasteiger charge is -2.23. The molecule has 1 aromatic carbocycles. The van der Waals surface area contributed by atoms with Gasteiger partial charge in [-0.1, -0.05) is 11.6 Å². The van der Waals surface area contributed by atoms with Gasteiger partial charge in [0.15, 0.2) is 11.5 Å². The zero-order chi connectivity index (χ0) is 13.3. The fourth-order valence-electron chi connectivity index (χ4n) is 1.88. The van der Waals surface area contributed by atoms with Crippen LogP contribution < -0.4 is 15.2 Å². The molecule has 2 rings (SSSR count). The average Bonchev–Trinajstić information content (AvgIpc) is 2.35. The van der Waals surface area contributed by atoms with E-state index in [1.54, 1.807) is 6.07 Å². The number of carboxylic acid groups (broad SMARTS) is 1. The standard InChI is InChI=1S/C12H14ClNO4/c1-6-7(5-9(14)12(15)16)4-8(13)11-10(6)17-2-3-18-11/h4,9H,2-3,5,14H2,1H3,(H,15,16). The van der Waals surface area contributed by atoms with Gasteiger partial charge in [0, 0.05) is 0 Å². The van der Waals surface area contributed by atoms with Crippen LogP contribution in [0.25, 0.3) is 0 Å². The van der Waals surface area contributed by atoms with Gasteiger partial charge in [-0.2, -0.15) is 0 Å². The summed E-state index contributed by atoms with van der Waals surface area (Å²) < 4.78 is 11.0. The minimum absolute atomic E-state index is 0.206. The van der Waals surface area contributed by atoms with E-state index in [0.717, 1.165) is 11.1 Å². The lowest BCUT2D eigenvalue weighted by Crippen LogP contribution is -2.32. The molecule has 0 spiro atoms. The largest absolute Gasteiger partial charge is 0.486 e. The van der Waals surface area contributed by atoms with Crippen LogP contribution in [-0.2, 0) is 11.2 Å². The average molecular weight is 272 g/mol. The summed E-state index contributed by atoms with van der Waals surface area (Å²) in [6.07, 6.45) is 0.206. The van der Waals surface area contributed by atoms with Gasteiger partial charge in [-0.05, 0) is 30.5 Å². The van der Waals surface area contributed by atoms with Crippen molar-refractivity contribution >= 4 is 17.6 Å². The van der Waals surface area contributed by atoms with Crippen LogP contribution >= 0.6 is 11.6 Å². The molecule has 1 aliphatic rings. The van der Waals surface area contributed by atoms with Gasteiger partial charge in [0.1, 0.15) is 19.3 Å². The molecule has 1 aliphatic heterocycles. The van der Waals surface area contributed by atoms with Crippen molar-refractivity contribution < 1.29 is 19.4 Å². The Morgan fingerprint density at radius 1 is 1.50 bits per heavy atom. The summed E-state index contributed by atoms with van der Waals surface area (Å²) in [6.45, 7) is 2.76. The Bertz CT molecular complexity index is 489. The third kappa shape index (κ3) is 2.37. The molecule has 6 heteroatoms. The molecule has 0 bridgehead atoms. The smallest absolute Gasteiger partial charge is 0.320 e. The highest BCUT2D eigenvalue weighted by molar-refractivity contribution is 6.32. The molecule has 0 saturated carbocycles. The zero-order valence-corrected chi connectivity index (χ0v) is 10.7. The van der Waals surface area contributed by atoms with E-state index in [9.17, 15) is 4.79 Å². The van der Waals surface area contributed by atoms with Crippen molar-refractivity contribution in [2.45, 2.75) is 19.4 Å². The van der Waals surface area contributed by atoms with Crippen molar-refractivity contribution in [2.75, 3.05) is 13.2 Å². The number of rotatable bonds is 3. The van der Waals surface area contributed by atoms with E-state index < -0.39 is 12.0 Å². The van der Waals surface area contributed by atoms with Crippen LogP contribution in [0.3, 0.4) is 0 Å². The SMILES string of the molecule is Cc1c(CC(N)C(=O)O)cc(Cl)c2c1OCCO2. The number of benzene rings is 1. The Kier molecular flexibility index (Phi) is 3.63. The summed E-state index contributed by atoms with van der Waals surface area (Å²) >= 11 is 6.09. The highest BCUT2D eigenvalue weighted by Crippen LogP contribution is 2.41. The highest BCUT2D eigenvalue weighted by Gasteiger charge is 2.22. The minimum Gasteiger partial charge on any atom is -0.486 e. The predicted octanol–water partition coefficient (Wildman–Crippen LogP) is 1.37. The first-order valence-electron chi connectivity index (χ1n) is 5.56. The van der Waals surface area contributed by atoms with Gasteiger partial charge in [-0.25, -0.2) is 0 Å². The zero-order valence-electron chi connectivity index (χ0n) is 9.90. The Balaban J connectivity index is 2.37. The summed E-state index contributed by atoms with van der Waals surface area (Å²) in [6, 6.07) is 0.732. The number of carboxylic acids is 1. The third-order valence-corrected chi connectivity index (χ3v) is 3.16. The molecule has 1 heterocycles. The van der Waals surface area contributed by atoms with E-state index in [4.69, 9.17) is 31.9 Å². The van der Waals surface area contributed by atoms with Gasteiger partial charge in [0.2, 0.25) is 0 Å². The van der Waals surface area contributed by atoms with E-state index in [2.05, 4.69) is 0 Å². The first kappa shape index (κ1) is 13.0. The first-order valence-corrected chi connectivity index (χ1v) is 5.94. The van der Waals surface area contributed by atoms with Crippen molar-refractivity contribution in [1.82, 2.24) is 0 Å². The second-order valence-corrected chi connectivity index (χ2v) is 4.55. The van der Waals surface area contributed by atoms with Crippen LogP contribution in [0, 0.1) is 6.92 Å². The molecule has 0 aliphatic carbocycles. The fraction of sp³-hybridized carbons (Fsp3) is 0.417. The molecule has 1 atom stereocenters. The molecule has 3 N–H and O–H groups in total. The Labute approximate surface area is 109 Å². The number of fused-ring (bicyclic) bond motifs is 1. The molecular formula is C12H14ClNO4. The predicted molar refractivity (Wildman–Crippen MR) is 66.5 cm³/mol. The summed E-state index contributed by atoms with van der Waals surface area (Å²) in [7, 11) is 0. The first-order chi connectivity index (χ1) is 8.50. The van der Waals surface area contributed by atoms with Crippen molar-refractivity contribution in [3.8, 4) is 11.5 Å². The molecule has 98 valence electrons. The molecule has 1 unspecified atom stereocenters. The summed E-state index contributed by atoms with van der Waals surface area (Å²) in [4.78, 5) is 10.8. The number of hydrogen-bond acceptors (Lipinski definition) is 4. The van der Waals surface area contributed by atoms with E-state index in [1.165, 1.54) is 0 Å². The van der Waals surface area contributed by atoms with Gasteiger partial charge < -0.3 is 20.3 Å². The van der Waals surface area contributed by atoms with Gasteiger partial charge in [0.25, 0.3) is 0 Å². The molecule has 0 amide bonds.